The van der Waals surface area contributed by atoms with E-state index in [9.17, 15) is 4.79 Å². The third kappa shape index (κ3) is 3.94. The summed E-state index contributed by atoms with van der Waals surface area (Å²) in [5, 5.41) is 10.6. The van der Waals surface area contributed by atoms with E-state index in [0.29, 0.717) is 5.89 Å². The number of hydrogen-bond donors (Lipinski definition) is 1. The quantitative estimate of drug-likeness (QED) is 0.777. The summed E-state index contributed by atoms with van der Waals surface area (Å²) in [5.74, 6) is 0.217. The van der Waals surface area contributed by atoms with Crippen LogP contribution in [0.2, 0.25) is 0 Å². The second-order valence-electron chi connectivity index (χ2n) is 6.37. The molecule has 5 heteroatoms. The third-order valence-corrected chi connectivity index (χ3v) is 4.28. The first kappa shape index (κ1) is 16.9. The van der Waals surface area contributed by atoms with Crippen LogP contribution in [0.25, 0.3) is 11.5 Å². The first-order valence-electron chi connectivity index (χ1n) is 8.19. The van der Waals surface area contributed by atoms with E-state index < -0.39 is 0 Å². The van der Waals surface area contributed by atoms with E-state index in [2.05, 4.69) is 15.5 Å². The molecule has 1 aromatic heterocycles. The maximum absolute atomic E-state index is 12.3. The SMILES string of the molecule is Cc1ccc(C)c(CC(=O)Nc2nnc(-c3ccc(C)c(C)c3)o2)c1. The molecule has 0 fully saturated rings. The molecule has 0 saturated heterocycles. The molecular weight excluding hydrogens is 314 g/mol. The van der Waals surface area contributed by atoms with E-state index in [1.165, 1.54) is 5.56 Å². The average molecular weight is 335 g/mol. The Kier molecular flexibility index (Phi) is 4.65. The molecule has 0 unspecified atom stereocenters. The Hall–Kier alpha value is -2.95. The molecule has 3 aromatic rings. The molecule has 1 amide bonds. The number of carbonyl (C=O) groups is 1. The lowest BCUT2D eigenvalue weighted by Gasteiger charge is -2.06. The molecule has 0 radical (unpaired) electrons. The second kappa shape index (κ2) is 6.89. The minimum absolute atomic E-state index is 0.114. The van der Waals surface area contributed by atoms with Crippen LogP contribution in [0.15, 0.2) is 40.8 Å². The number of amides is 1. The van der Waals surface area contributed by atoms with Crippen LogP contribution in [-0.2, 0) is 11.2 Å². The van der Waals surface area contributed by atoms with E-state index in [-0.39, 0.29) is 18.3 Å². The van der Waals surface area contributed by atoms with Gasteiger partial charge in [-0.2, -0.15) is 0 Å². The summed E-state index contributed by atoms with van der Waals surface area (Å²) in [6.07, 6.45) is 0.273. The molecule has 5 nitrogen and oxygen atoms in total. The zero-order valence-corrected chi connectivity index (χ0v) is 14.9. The van der Waals surface area contributed by atoms with Crippen molar-refractivity contribution in [3.63, 3.8) is 0 Å². The normalized spacial score (nSPS) is 10.7. The summed E-state index contributed by atoms with van der Waals surface area (Å²) in [6.45, 7) is 8.08. The van der Waals surface area contributed by atoms with Gasteiger partial charge < -0.3 is 4.42 Å². The number of anilines is 1. The fourth-order valence-corrected chi connectivity index (χ4v) is 2.59. The molecule has 0 atom stereocenters. The molecule has 0 saturated carbocycles. The van der Waals surface area contributed by atoms with Crippen LogP contribution in [0.1, 0.15) is 27.8 Å². The lowest BCUT2D eigenvalue weighted by Crippen LogP contribution is -2.15. The van der Waals surface area contributed by atoms with E-state index in [1.807, 2.05) is 64.1 Å². The van der Waals surface area contributed by atoms with Gasteiger partial charge in [0.15, 0.2) is 0 Å². The topological polar surface area (TPSA) is 68.0 Å². The Morgan fingerprint density at radius 2 is 1.72 bits per heavy atom. The predicted molar refractivity (Wildman–Crippen MR) is 97.5 cm³/mol. The average Bonchev–Trinajstić information content (AvgIpc) is 3.02. The number of aromatic nitrogens is 2. The molecule has 1 heterocycles. The molecule has 0 spiro atoms. The fourth-order valence-electron chi connectivity index (χ4n) is 2.59. The minimum Gasteiger partial charge on any atom is -0.403 e. The Labute approximate surface area is 147 Å². The van der Waals surface area contributed by atoms with Crippen molar-refractivity contribution in [1.29, 1.82) is 0 Å². The number of carbonyl (C=O) groups excluding carboxylic acids is 1. The summed E-state index contributed by atoms with van der Waals surface area (Å²) < 4.78 is 5.57. The zero-order chi connectivity index (χ0) is 18.0. The van der Waals surface area contributed by atoms with Crippen molar-refractivity contribution in [2.24, 2.45) is 0 Å². The van der Waals surface area contributed by atoms with E-state index in [1.54, 1.807) is 0 Å². The molecule has 2 aromatic carbocycles. The zero-order valence-electron chi connectivity index (χ0n) is 14.9. The van der Waals surface area contributed by atoms with Crippen molar-refractivity contribution in [2.45, 2.75) is 34.1 Å². The van der Waals surface area contributed by atoms with Crippen molar-refractivity contribution in [2.75, 3.05) is 5.32 Å². The van der Waals surface area contributed by atoms with E-state index in [4.69, 9.17) is 4.42 Å². The summed E-state index contributed by atoms with van der Waals surface area (Å²) in [7, 11) is 0. The van der Waals surface area contributed by atoms with Crippen molar-refractivity contribution < 1.29 is 9.21 Å². The number of benzene rings is 2. The minimum atomic E-state index is -0.177. The molecule has 1 N–H and O–H groups in total. The van der Waals surface area contributed by atoms with Gasteiger partial charge in [-0.1, -0.05) is 34.9 Å². The molecule has 3 rings (SSSR count). The van der Waals surface area contributed by atoms with Crippen LogP contribution in [0, 0.1) is 27.7 Å². The van der Waals surface area contributed by atoms with Gasteiger partial charge >= 0.3 is 6.01 Å². The van der Waals surface area contributed by atoms with Crippen LogP contribution in [0.3, 0.4) is 0 Å². The highest BCUT2D eigenvalue weighted by atomic mass is 16.4. The van der Waals surface area contributed by atoms with Gasteiger partial charge in [-0.05, 0) is 62.1 Å². The molecule has 0 aliphatic carbocycles. The number of aryl methyl sites for hydroxylation is 4. The van der Waals surface area contributed by atoms with Gasteiger partial charge in [0.2, 0.25) is 11.8 Å². The summed E-state index contributed by atoms with van der Waals surface area (Å²) in [5.41, 5.74) is 6.39. The molecule has 25 heavy (non-hydrogen) atoms. The van der Waals surface area contributed by atoms with E-state index >= 15 is 0 Å². The molecule has 128 valence electrons. The number of rotatable bonds is 4. The lowest BCUT2D eigenvalue weighted by atomic mass is 10.0. The first-order chi connectivity index (χ1) is 11.9. The maximum Gasteiger partial charge on any atom is 0.322 e. The summed E-state index contributed by atoms with van der Waals surface area (Å²) >= 11 is 0. The Bertz CT molecular complexity index is 928. The second-order valence-corrected chi connectivity index (χ2v) is 6.37. The van der Waals surface area contributed by atoms with Gasteiger partial charge in [0.1, 0.15) is 0 Å². The Morgan fingerprint density at radius 3 is 2.48 bits per heavy atom. The predicted octanol–water partition coefficient (Wildman–Crippen LogP) is 4.15. The number of nitrogens with zero attached hydrogens (tertiary/aromatic N) is 2. The monoisotopic (exact) mass is 335 g/mol. The Morgan fingerprint density at radius 1 is 0.960 bits per heavy atom. The van der Waals surface area contributed by atoms with Gasteiger partial charge in [0.05, 0.1) is 6.42 Å². The van der Waals surface area contributed by atoms with Crippen LogP contribution < -0.4 is 5.32 Å². The Balaban J connectivity index is 1.71. The van der Waals surface area contributed by atoms with Gasteiger partial charge in [-0.3, -0.25) is 10.1 Å². The lowest BCUT2D eigenvalue weighted by molar-refractivity contribution is -0.115. The van der Waals surface area contributed by atoms with Gasteiger partial charge in [-0.15, -0.1) is 5.10 Å². The smallest absolute Gasteiger partial charge is 0.322 e. The highest BCUT2D eigenvalue weighted by molar-refractivity contribution is 5.90. The maximum atomic E-state index is 12.3. The van der Waals surface area contributed by atoms with Crippen LogP contribution in [0.4, 0.5) is 6.01 Å². The number of hydrogen-bond acceptors (Lipinski definition) is 4. The van der Waals surface area contributed by atoms with Crippen molar-refractivity contribution in [1.82, 2.24) is 10.2 Å². The summed E-state index contributed by atoms with van der Waals surface area (Å²) in [6, 6.07) is 12.1. The van der Waals surface area contributed by atoms with Crippen LogP contribution in [-0.4, -0.2) is 16.1 Å². The highest BCUT2D eigenvalue weighted by Crippen LogP contribution is 2.22. The van der Waals surface area contributed by atoms with Crippen molar-refractivity contribution in [3.05, 3.63) is 64.2 Å². The third-order valence-electron chi connectivity index (χ3n) is 4.28. The highest BCUT2D eigenvalue weighted by Gasteiger charge is 2.13. The fraction of sp³-hybridized carbons (Fsp3) is 0.250. The van der Waals surface area contributed by atoms with Gasteiger partial charge in [0, 0.05) is 5.56 Å². The van der Waals surface area contributed by atoms with Crippen molar-refractivity contribution >= 4 is 11.9 Å². The van der Waals surface area contributed by atoms with Gasteiger partial charge in [-0.25, -0.2) is 0 Å². The molecule has 0 bridgehead atoms. The summed E-state index contributed by atoms with van der Waals surface area (Å²) in [4.78, 5) is 12.3. The van der Waals surface area contributed by atoms with E-state index in [0.717, 1.165) is 27.8 Å². The number of nitrogens with one attached hydrogen (secondary N) is 1. The van der Waals surface area contributed by atoms with Crippen molar-refractivity contribution in [3.8, 4) is 11.5 Å². The van der Waals surface area contributed by atoms with Crippen LogP contribution in [0.5, 0.6) is 0 Å². The largest absolute Gasteiger partial charge is 0.403 e. The molecular formula is C20H21N3O2. The molecule has 0 aliphatic heterocycles. The molecule has 0 aliphatic rings. The van der Waals surface area contributed by atoms with Gasteiger partial charge in [0.25, 0.3) is 0 Å². The first-order valence-corrected chi connectivity index (χ1v) is 8.19. The van der Waals surface area contributed by atoms with Crippen LogP contribution >= 0.6 is 0 Å². The standard InChI is InChI=1S/C20H21N3O2/c1-12-5-6-14(3)17(9-12)11-18(24)21-20-23-22-19(25-20)16-8-7-13(2)15(4)10-16/h5-10H,11H2,1-4H3,(H,21,23,24).